The third-order valence-electron chi connectivity index (χ3n) is 5.47. The fourth-order valence-corrected chi connectivity index (χ4v) is 4.13. The lowest BCUT2D eigenvalue weighted by Crippen LogP contribution is -2.43. The fourth-order valence-electron chi connectivity index (χ4n) is 4.13. The minimum Gasteiger partial charge on any atom is -0.445 e. The molecule has 26 heavy (non-hydrogen) atoms. The van der Waals surface area contributed by atoms with Gasteiger partial charge in [-0.1, -0.05) is 72.3 Å². The van der Waals surface area contributed by atoms with Gasteiger partial charge in [0.05, 0.1) is 6.04 Å². The van der Waals surface area contributed by atoms with Crippen LogP contribution in [0.2, 0.25) is 0 Å². The second-order valence-corrected chi connectivity index (χ2v) is 7.26. The van der Waals surface area contributed by atoms with Crippen molar-refractivity contribution in [2.75, 3.05) is 0 Å². The third-order valence-corrected chi connectivity index (χ3v) is 5.47. The summed E-state index contributed by atoms with van der Waals surface area (Å²) >= 11 is 0. The van der Waals surface area contributed by atoms with Gasteiger partial charge in [-0.3, -0.25) is 4.90 Å². The lowest BCUT2D eigenvalue weighted by Gasteiger charge is -2.33. The molecule has 2 aromatic carbocycles. The average molecular weight is 347 g/mol. The number of fused-ring (bicyclic) bond motifs is 2. The minimum absolute atomic E-state index is 0.167. The number of rotatable bonds is 5. The molecular weight excluding hydrogens is 322 g/mol. The first-order chi connectivity index (χ1) is 12.8. The van der Waals surface area contributed by atoms with Crippen LogP contribution in [0.4, 0.5) is 4.79 Å². The quantitative estimate of drug-likeness (QED) is 0.703. The first-order valence-corrected chi connectivity index (χ1v) is 9.52. The molecule has 0 radical (unpaired) electrons. The Kier molecular flexibility index (Phi) is 5.05. The van der Waals surface area contributed by atoms with E-state index < -0.39 is 0 Å². The number of ether oxygens (including phenoxy) is 1. The van der Waals surface area contributed by atoms with Gasteiger partial charge in [0.1, 0.15) is 6.61 Å². The molecule has 0 saturated carbocycles. The second kappa shape index (κ2) is 7.77. The Bertz CT molecular complexity index is 769. The van der Waals surface area contributed by atoms with E-state index in [2.05, 4.69) is 36.4 Å². The van der Waals surface area contributed by atoms with Gasteiger partial charge in [-0.25, -0.2) is 4.79 Å². The SMILES string of the molecule is O=C(OCc1ccccc1)N1C2C=C(CCc3ccccc3)CC1CC2. The molecule has 2 aliphatic rings. The maximum absolute atomic E-state index is 12.6. The molecule has 1 amide bonds. The summed E-state index contributed by atoms with van der Waals surface area (Å²) in [7, 11) is 0. The summed E-state index contributed by atoms with van der Waals surface area (Å²) in [4.78, 5) is 14.6. The van der Waals surface area contributed by atoms with Gasteiger partial charge in [-0.05, 0) is 43.2 Å². The van der Waals surface area contributed by atoms with E-state index in [9.17, 15) is 4.79 Å². The number of aryl methyl sites for hydroxylation is 1. The van der Waals surface area contributed by atoms with Crippen LogP contribution in [0, 0.1) is 0 Å². The molecule has 2 aliphatic heterocycles. The van der Waals surface area contributed by atoms with Crippen LogP contribution in [0.5, 0.6) is 0 Å². The van der Waals surface area contributed by atoms with E-state index in [0.717, 1.165) is 37.7 Å². The Morgan fingerprint density at radius 1 is 0.923 bits per heavy atom. The Balaban J connectivity index is 1.35. The molecule has 134 valence electrons. The number of amides is 1. The first kappa shape index (κ1) is 16.9. The number of nitrogens with zero attached hydrogens (tertiary/aromatic N) is 1. The number of hydrogen-bond donors (Lipinski definition) is 0. The van der Waals surface area contributed by atoms with Crippen molar-refractivity contribution in [1.29, 1.82) is 0 Å². The molecule has 2 atom stereocenters. The maximum Gasteiger partial charge on any atom is 0.410 e. The minimum atomic E-state index is -0.167. The molecule has 1 fully saturated rings. The van der Waals surface area contributed by atoms with E-state index in [0.29, 0.717) is 12.6 Å². The predicted octanol–water partition coefficient (Wildman–Crippen LogP) is 5.12. The maximum atomic E-state index is 12.6. The van der Waals surface area contributed by atoms with E-state index in [4.69, 9.17) is 4.74 Å². The summed E-state index contributed by atoms with van der Waals surface area (Å²) in [6, 6.07) is 21.0. The van der Waals surface area contributed by atoms with Crippen molar-refractivity contribution >= 4 is 6.09 Å². The number of carbonyl (C=O) groups is 1. The van der Waals surface area contributed by atoms with Crippen molar-refractivity contribution in [3.8, 4) is 0 Å². The molecule has 3 nitrogen and oxygen atoms in total. The highest BCUT2D eigenvalue weighted by molar-refractivity contribution is 5.70. The van der Waals surface area contributed by atoms with Crippen LogP contribution in [-0.2, 0) is 17.8 Å². The Morgan fingerprint density at radius 2 is 1.62 bits per heavy atom. The number of carbonyl (C=O) groups excluding carboxylic acids is 1. The summed E-state index contributed by atoms with van der Waals surface area (Å²) < 4.78 is 5.57. The molecule has 3 heteroatoms. The molecule has 2 unspecified atom stereocenters. The molecule has 2 heterocycles. The normalized spacial score (nSPS) is 21.4. The van der Waals surface area contributed by atoms with Crippen LogP contribution >= 0.6 is 0 Å². The zero-order valence-electron chi connectivity index (χ0n) is 15.0. The molecule has 0 spiro atoms. The predicted molar refractivity (Wildman–Crippen MR) is 103 cm³/mol. The number of hydrogen-bond acceptors (Lipinski definition) is 2. The van der Waals surface area contributed by atoms with Crippen LogP contribution in [-0.4, -0.2) is 23.1 Å². The summed E-state index contributed by atoms with van der Waals surface area (Å²) in [6.07, 6.45) is 7.44. The van der Waals surface area contributed by atoms with Crippen LogP contribution in [0.1, 0.15) is 36.8 Å². The smallest absolute Gasteiger partial charge is 0.410 e. The van der Waals surface area contributed by atoms with Crippen LogP contribution in [0.25, 0.3) is 0 Å². The van der Waals surface area contributed by atoms with Gasteiger partial charge in [0.2, 0.25) is 0 Å². The van der Waals surface area contributed by atoms with Crippen LogP contribution in [0.3, 0.4) is 0 Å². The first-order valence-electron chi connectivity index (χ1n) is 9.52. The highest BCUT2D eigenvalue weighted by atomic mass is 16.6. The summed E-state index contributed by atoms with van der Waals surface area (Å²) in [5.74, 6) is 0. The lowest BCUT2D eigenvalue weighted by molar-refractivity contribution is 0.0815. The van der Waals surface area contributed by atoms with Gasteiger partial charge in [0, 0.05) is 6.04 Å². The molecule has 0 aromatic heterocycles. The summed E-state index contributed by atoms with van der Waals surface area (Å²) in [5, 5.41) is 0. The van der Waals surface area contributed by atoms with Gasteiger partial charge < -0.3 is 4.74 Å². The van der Waals surface area contributed by atoms with Crippen molar-refractivity contribution < 1.29 is 9.53 Å². The molecule has 4 rings (SSSR count). The van der Waals surface area contributed by atoms with Gasteiger partial charge >= 0.3 is 6.09 Å². The Hall–Kier alpha value is -2.55. The Morgan fingerprint density at radius 3 is 2.31 bits per heavy atom. The van der Waals surface area contributed by atoms with E-state index in [1.807, 2.05) is 35.2 Å². The van der Waals surface area contributed by atoms with Gasteiger partial charge in [0.25, 0.3) is 0 Å². The zero-order valence-corrected chi connectivity index (χ0v) is 15.0. The monoisotopic (exact) mass is 347 g/mol. The van der Waals surface area contributed by atoms with Crippen molar-refractivity contribution in [2.45, 2.75) is 50.8 Å². The van der Waals surface area contributed by atoms with Crippen molar-refractivity contribution in [3.63, 3.8) is 0 Å². The van der Waals surface area contributed by atoms with Crippen molar-refractivity contribution in [2.24, 2.45) is 0 Å². The largest absolute Gasteiger partial charge is 0.445 e. The van der Waals surface area contributed by atoms with Crippen LogP contribution in [0.15, 0.2) is 72.3 Å². The highest BCUT2D eigenvalue weighted by Gasteiger charge is 2.40. The van der Waals surface area contributed by atoms with E-state index in [1.54, 1.807) is 0 Å². The molecule has 2 aromatic rings. The Labute approximate surface area is 155 Å². The van der Waals surface area contributed by atoms with E-state index in [-0.39, 0.29) is 12.1 Å². The lowest BCUT2D eigenvalue weighted by atomic mass is 9.95. The molecule has 0 aliphatic carbocycles. The fraction of sp³-hybridized carbons (Fsp3) is 0.348. The second-order valence-electron chi connectivity index (χ2n) is 7.26. The molecule has 1 saturated heterocycles. The van der Waals surface area contributed by atoms with Crippen molar-refractivity contribution in [3.05, 3.63) is 83.4 Å². The van der Waals surface area contributed by atoms with Crippen LogP contribution < -0.4 is 0 Å². The topological polar surface area (TPSA) is 29.5 Å². The average Bonchev–Trinajstić information content (AvgIpc) is 2.96. The summed E-state index contributed by atoms with van der Waals surface area (Å²) in [5.41, 5.74) is 3.91. The molecule has 0 N–H and O–H groups in total. The summed E-state index contributed by atoms with van der Waals surface area (Å²) in [6.45, 7) is 0.347. The van der Waals surface area contributed by atoms with Gasteiger partial charge in [0.15, 0.2) is 0 Å². The molecule has 2 bridgehead atoms. The van der Waals surface area contributed by atoms with Gasteiger partial charge in [-0.15, -0.1) is 0 Å². The third kappa shape index (κ3) is 3.82. The zero-order chi connectivity index (χ0) is 17.8. The number of benzene rings is 2. The standard InChI is InChI=1S/C23H25NO2/c25-23(26-17-19-9-5-2-6-10-19)24-21-13-14-22(24)16-20(15-21)12-11-18-7-3-1-4-8-18/h1-10,15,21-22H,11-14,16-17H2. The molecular formula is C23H25NO2. The highest BCUT2D eigenvalue weighted by Crippen LogP contribution is 2.36. The van der Waals surface area contributed by atoms with E-state index in [1.165, 1.54) is 11.1 Å². The van der Waals surface area contributed by atoms with Crippen molar-refractivity contribution in [1.82, 2.24) is 4.90 Å². The van der Waals surface area contributed by atoms with Gasteiger partial charge in [-0.2, -0.15) is 0 Å². The van der Waals surface area contributed by atoms with E-state index >= 15 is 0 Å².